The molecule has 3 rings (SSSR count). The molecule has 2 N–H and O–H groups in total. The Morgan fingerprint density at radius 3 is 3.13 bits per heavy atom. The first-order valence-corrected chi connectivity index (χ1v) is 7.29. The van der Waals surface area contributed by atoms with E-state index in [9.17, 15) is 9.59 Å². The number of fused-ring (bicyclic) bond motifs is 1. The zero-order chi connectivity index (χ0) is 16.4. The number of benzene rings is 1. The van der Waals surface area contributed by atoms with Crippen molar-refractivity contribution < 1.29 is 14.6 Å². The molecule has 1 atom stereocenters. The second-order valence-electron chi connectivity index (χ2n) is 5.52. The van der Waals surface area contributed by atoms with Gasteiger partial charge in [0.1, 0.15) is 18.9 Å². The van der Waals surface area contributed by atoms with Crippen LogP contribution in [0.3, 0.4) is 0 Å². The maximum absolute atomic E-state index is 12.2. The molecule has 0 bridgehead atoms. The predicted octanol–water partition coefficient (Wildman–Crippen LogP) is 1.05. The van der Waals surface area contributed by atoms with E-state index in [2.05, 4.69) is 10.3 Å². The molecule has 1 unspecified atom stereocenters. The number of nitrogens with one attached hydrogen (secondary N) is 1. The number of rotatable bonds is 4. The van der Waals surface area contributed by atoms with E-state index in [-0.39, 0.29) is 18.4 Å². The summed E-state index contributed by atoms with van der Waals surface area (Å²) in [5.74, 6) is -0.0389. The van der Waals surface area contributed by atoms with Gasteiger partial charge in [-0.2, -0.15) is 0 Å². The van der Waals surface area contributed by atoms with Crippen LogP contribution in [-0.4, -0.2) is 33.3 Å². The Labute approximate surface area is 132 Å². The minimum Gasteiger partial charge on any atom is -0.491 e. The molecule has 0 saturated heterocycles. The van der Waals surface area contributed by atoms with Crippen molar-refractivity contribution in [2.45, 2.75) is 25.9 Å². The first-order chi connectivity index (χ1) is 11.0. The van der Waals surface area contributed by atoms with E-state index in [1.165, 1.54) is 12.4 Å². The second kappa shape index (κ2) is 6.12. The van der Waals surface area contributed by atoms with Crippen molar-refractivity contribution in [1.29, 1.82) is 0 Å². The molecule has 2 heterocycles. The number of hydrogen-bond donors (Lipinski definition) is 2. The van der Waals surface area contributed by atoms with Crippen LogP contribution in [0.5, 0.6) is 5.75 Å². The first-order valence-electron chi connectivity index (χ1n) is 7.29. The molecular formula is C16H17N3O4. The van der Waals surface area contributed by atoms with Crippen molar-refractivity contribution in [3.8, 4) is 5.75 Å². The van der Waals surface area contributed by atoms with Crippen molar-refractivity contribution in [3.63, 3.8) is 0 Å². The summed E-state index contributed by atoms with van der Waals surface area (Å²) < 4.78 is 6.89. The predicted molar refractivity (Wildman–Crippen MR) is 83.9 cm³/mol. The molecule has 1 aromatic carbocycles. The number of anilines is 1. The molecule has 7 nitrogen and oxygen atoms in total. The molecule has 0 amide bonds. The third-order valence-electron chi connectivity index (χ3n) is 3.75. The van der Waals surface area contributed by atoms with Crippen LogP contribution < -0.4 is 15.6 Å². The average Bonchev–Trinajstić information content (AvgIpc) is 2.51. The fourth-order valence-corrected chi connectivity index (χ4v) is 2.69. The van der Waals surface area contributed by atoms with Crippen LogP contribution in [0.1, 0.15) is 11.1 Å². The highest BCUT2D eigenvalue weighted by atomic mass is 16.5. The Kier molecular flexibility index (Phi) is 4.01. The standard InChI is InChI=1S/C16H17N3O4/c1-10-3-2-4-11-7-12(9-23-14(10)11)18-15-16(22)19(6-5-17-15)8-13(20)21/h2-6,12H,7-9H2,1H3,(H,17,18)(H,20,21). The molecule has 1 aliphatic heterocycles. The van der Waals surface area contributed by atoms with Gasteiger partial charge >= 0.3 is 5.97 Å². The minimum atomic E-state index is -1.07. The summed E-state index contributed by atoms with van der Waals surface area (Å²) in [5.41, 5.74) is 1.71. The van der Waals surface area contributed by atoms with E-state index in [0.717, 1.165) is 21.4 Å². The summed E-state index contributed by atoms with van der Waals surface area (Å²) in [6.45, 7) is 2.03. The average molecular weight is 315 g/mol. The minimum absolute atomic E-state index is 0.0924. The van der Waals surface area contributed by atoms with Crippen LogP contribution in [0.25, 0.3) is 0 Å². The molecule has 2 aromatic rings. The number of aliphatic carboxylic acids is 1. The lowest BCUT2D eigenvalue weighted by molar-refractivity contribution is -0.137. The smallest absolute Gasteiger partial charge is 0.323 e. The Morgan fingerprint density at radius 2 is 2.35 bits per heavy atom. The number of carboxylic acid groups (broad SMARTS) is 1. The van der Waals surface area contributed by atoms with E-state index in [0.29, 0.717) is 13.0 Å². The van der Waals surface area contributed by atoms with Gasteiger partial charge in [-0.3, -0.25) is 14.2 Å². The normalized spacial score (nSPS) is 16.3. The number of hydrogen-bond acceptors (Lipinski definition) is 5. The number of aryl methyl sites for hydroxylation is 1. The maximum Gasteiger partial charge on any atom is 0.323 e. The lowest BCUT2D eigenvalue weighted by Crippen LogP contribution is -2.37. The lowest BCUT2D eigenvalue weighted by atomic mass is 10.00. The summed E-state index contributed by atoms with van der Waals surface area (Å²) in [5, 5.41) is 11.9. The summed E-state index contributed by atoms with van der Waals surface area (Å²) in [4.78, 5) is 27.0. The summed E-state index contributed by atoms with van der Waals surface area (Å²) in [7, 11) is 0. The van der Waals surface area contributed by atoms with Crippen LogP contribution in [-0.2, 0) is 17.8 Å². The van der Waals surface area contributed by atoms with Crippen LogP contribution in [0.4, 0.5) is 5.82 Å². The maximum atomic E-state index is 12.2. The molecule has 0 aliphatic carbocycles. The van der Waals surface area contributed by atoms with Gasteiger partial charge in [-0.25, -0.2) is 4.98 Å². The SMILES string of the molecule is Cc1cccc2c1OCC(Nc1nccn(CC(=O)O)c1=O)C2. The van der Waals surface area contributed by atoms with E-state index < -0.39 is 11.5 Å². The first kappa shape index (κ1) is 15.1. The van der Waals surface area contributed by atoms with Crippen molar-refractivity contribution in [2.24, 2.45) is 0 Å². The summed E-state index contributed by atoms with van der Waals surface area (Å²) in [6, 6.07) is 5.87. The third kappa shape index (κ3) is 3.18. The zero-order valence-corrected chi connectivity index (χ0v) is 12.7. The van der Waals surface area contributed by atoms with Gasteiger partial charge in [0.05, 0.1) is 6.04 Å². The second-order valence-corrected chi connectivity index (χ2v) is 5.52. The quantitative estimate of drug-likeness (QED) is 0.876. The fourth-order valence-electron chi connectivity index (χ4n) is 2.69. The highest BCUT2D eigenvalue weighted by Crippen LogP contribution is 2.28. The van der Waals surface area contributed by atoms with Crippen LogP contribution in [0.2, 0.25) is 0 Å². The van der Waals surface area contributed by atoms with Gasteiger partial charge in [0.2, 0.25) is 0 Å². The van der Waals surface area contributed by atoms with E-state index in [1.807, 2.05) is 25.1 Å². The number of aromatic nitrogens is 2. The molecule has 0 saturated carbocycles. The van der Waals surface area contributed by atoms with Crippen LogP contribution >= 0.6 is 0 Å². The zero-order valence-electron chi connectivity index (χ0n) is 12.7. The number of carboxylic acids is 1. The van der Waals surface area contributed by atoms with Crippen molar-refractivity contribution in [2.75, 3.05) is 11.9 Å². The van der Waals surface area contributed by atoms with Crippen LogP contribution in [0, 0.1) is 6.92 Å². The van der Waals surface area contributed by atoms with E-state index >= 15 is 0 Å². The van der Waals surface area contributed by atoms with Gasteiger partial charge in [0.15, 0.2) is 5.82 Å². The van der Waals surface area contributed by atoms with Gasteiger partial charge in [0, 0.05) is 12.4 Å². The Bertz CT molecular complexity index is 800. The van der Waals surface area contributed by atoms with Gasteiger partial charge in [-0.1, -0.05) is 18.2 Å². The third-order valence-corrected chi connectivity index (χ3v) is 3.75. The molecule has 1 aromatic heterocycles. The number of nitrogens with zero attached hydrogens (tertiary/aromatic N) is 2. The lowest BCUT2D eigenvalue weighted by Gasteiger charge is -2.27. The number of carbonyl (C=O) groups is 1. The van der Waals surface area contributed by atoms with Gasteiger partial charge < -0.3 is 15.2 Å². The Hall–Kier alpha value is -2.83. The van der Waals surface area contributed by atoms with E-state index in [1.54, 1.807) is 0 Å². The molecule has 0 radical (unpaired) electrons. The Balaban J connectivity index is 1.79. The fraction of sp³-hybridized carbons (Fsp3) is 0.312. The Morgan fingerprint density at radius 1 is 1.52 bits per heavy atom. The van der Waals surface area contributed by atoms with Gasteiger partial charge in [0.25, 0.3) is 5.56 Å². The highest BCUT2D eigenvalue weighted by molar-refractivity contribution is 5.66. The van der Waals surface area contributed by atoms with Crippen molar-refractivity contribution in [1.82, 2.24) is 9.55 Å². The molecule has 0 fully saturated rings. The molecular weight excluding hydrogens is 298 g/mol. The van der Waals surface area contributed by atoms with Crippen molar-refractivity contribution in [3.05, 3.63) is 52.1 Å². The van der Waals surface area contributed by atoms with Crippen LogP contribution in [0.15, 0.2) is 35.4 Å². The van der Waals surface area contributed by atoms with Gasteiger partial charge in [-0.15, -0.1) is 0 Å². The topological polar surface area (TPSA) is 93.4 Å². The molecule has 0 spiro atoms. The number of ether oxygens (including phenoxy) is 1. The number of para-hydroxylation sites is 1. The van der Waals surface area contributed by atoms with Gasteiger partial charge in [-0.05, 0) is 24.5 Å². The summed E-state index contributed by atoms with van der Waals surface area (Å²) in [6.07, 6.45) is 3.48. The van der Waals surface area contributed by atoms with Crippen molar-refractivity contribution >= 4 is 11.8 Å². The molecule has 23 heavy (non-hydrogen) atoms. The molecule has 7 heteroatoms. The molecule has 1 aliphatic rings. The summed E-state index contributed by atoms with van der Waals surface area (Å²) >= 11 is 0. The molecule has 120 valence electrons. The van der Waals surface area contributed by atoms with E-state index in [4.69, 9.17) is 9.84 Å². The highest BCUT2D eigenvalue weighted by Gasteiger charge is 2.22. The largest absolute Gasteiger partial charge is 0.491 e. The monoisotopic (exact) mass is 315 g/mol.